The van der Waals surface area contributed by atoms with Crippen molar-refractivity contribution in [2.24, 2.45) is 0 Å². The van der Waals surface area contributed by atoms with Crippen molar-refractivity contribution in [2.75, 3.05) is 11.9 Å². The zero-order valence-electron chi connectivity index (χ0n) is 10.7. The van der Waals surface area contributed by atoms with Gasteiger partial charge in [-0.1, -0.05) is 6.07 Å². The number of aryl methyl sites for hydroxylation is 1. The molecule has 0 unspecified atom stereocenters. The zero-order valence-corrected chi connectivity index (χ0v) is 11.5. The lowest BCUT2D eigenvalue weighted by Gasteiger charge is -2.08. The Morgan fingerprint density at radius 1 is 1.35 bits per heavy atom. The van der Waals surface area contributed by atoms with Crippen molar-refractivity contribution in [3.8, 4) is 0 Å². The Balaban J connectivity index is 1.90. The number of rotatable bonds is 4. The molecule has 2 rings (SSSR count). The van der Waals surface area contributed by atoms with Gasteiger partial charge in [0.2, 0.25) is 0 Å². The summed E-state index contributed by atoms with van der Waals surface area (Å²) in [7, 11) is 0. The van der Waals surface area contributed by atoms with Gasteiger partial charge in [0.1, 0.15) is 5.82 Å². The van der Waals surface area contributed by atoms with Crippen LogP contribution in [0.15, 0.2) is 35.0 Å². The van der Waals surface area contributed by atoms with Crippen molar-refractivity contribution >= 4 is 28.9 Å². The Kier molecular flexibility index (Phi) is 4.47. The van der Waals surface area contributed by atoms with Gasteiger partial charge in [-0.25, -0.2) is 9.18 Å². The summed E-state index contributed by atoms with van der Waals surface area (Å²) in [6.45, 7) is 1.33. The van der Waals surface area contributed by atoms with Gasteiger partial charge in [0.25, 0.3) is 5.91 Å². The molecule has 1 aromatic carbocycles. The van der Waals surface area contributed by atoms with Gasteiger partial charge < -0.3 is 10.1 Å². The topological polar surface area (TPSA) is 55.4 Å². The van der Waals surface area contributed by atoms with Crippen molar-refractivity contribution < 1.29 is 18.7 Å². The molecule has 0 spiro atoms. The monoisotopic (exact) mass is 293 g/mol. The van der Waals surface area contributed by atoms with Crippen molar-refractivity contribution in [1.82, 2.24) is 0 Å². The minimum absolute atomic E-state index is 0.363. The second-order valence-corrected chi connectivity index (χ2v) is 4.88. The third-order valence-corrected chi connectivity index (χ3v) is 3.25. The lowest BCUT2D eigenvalue weighted by molar-refractivity contribution is -0.119. The average Bonchev–Trinajstić information content (AvgIpc) is 2.94. The molecular formula is C14H12FNO3S. The molecule has 0 atom stereocenters. The van der Waals surface area contributed by atoms with Gasteiger partial charge in [-0.05, 0) is 36.1 Å². The van der Waals surface area contributed by atoms with E-state index >= 15 is 0 Å². The molecular weight excluding hydrogens is 281 g/mol. The second kappa shape index (κ2) is 6.29. The molecule has 0 aliphatic carbocycles. The van der Waals surface area contributed by atoms with Gasteiger partial charge in [-0.3, -0.25) is 4.79 Å². The highest BCUT2D eigenvalue weighted by molar-refractivity contribution is 7.08. The Morgan fingerprint density at radius 2 is 2.15 bits per heavy atom. The fourth-order valence-corrected chi connectivity index (χ4v) is 2.14. The van der Waals surface area contributed by atoms with E-state index in [0.29, 0.717) is 11.3 Å². The predicted octanol–water partition coefficient (Wildman–Crippen LogP) is 2.99. The van der Waals surface area contributed by atoms with Crippen LogP contribution in [0.5, 0.6) is 0 Å². The Morgan fingerprint density at radius 3 is 2.85 bits per heavy atom. The van der Waals surface area contributed by atoms with E-state index in [1.165, 1.54) is 23.5 Å². The van der Waals surface area contributed by atoms with Crippen molar-refractivity contribution in [3.63, 3.8) is 0 Å². The van der Waals surface area contributed by atoms with Gasteiger partial charge in [-0.15, -0.1) is 0 Å². The molecule has 1 heterocycles. The van der Waals surface area contributed by atoms with E-state index in [0.717, 1.165) is 5.56 Å². The molecule has 0 saturated carbocycles. The molecule has 1 aromatic heterocycles. The van der Waals surface area contributed by atoms with E-state index in [1.54, 1.807) is 29.8 Å². The molecule has 1 amide bonds. The summed E-state index contributed by atoms with van der Waals surface area (Å²) in [5.74, 6) is -1.51. The number of nitrogens with one attached hydrogen (secondary N) is 1. The molecule has 1 N–H and O–H groups in total. The number of halogens is 1. The maximum atomic E-state index is 13.1. The maximum absolute atomic E-state index is 13.1. The van der Waals surface area contributed by atoms with E-state index in [4.69, 9.17) is 4.74 Å². The number of hydrogen-bond acceptors (Lipinski definition) is 4. The lowest BCUT2D eigenvalue weighted by Crippen LogP contribution is -2.21. The Labute approximate surface area is 119 Å². The summed E-state index contributed by atoms with van der Waals surface area (Å²) in [6.07, 6.45) is 0. The Hall–Kier alpha value is -2.21. The van der Waals surface area contributed by atoms with E-state index < -0.39 is 24.3 Å². The lowest BCUT2D eigenvalue weighted by atomic mass is 10.2. The van der Waals surface area contributed by atoms with Crippen molar-refractivity contribution in [3.05, 3.63) is 52.0 Å². The summed E-state index contributed by atoms with van der Waals surface area (Å²) in [5.41, 5.74) is 1.50. The number of ether oxygens (including phenoxy) is 1. The molecule has 0 radical (unpaired) electrons. The highest BCUT2D eigenvalue weighted by Gasteiger charge is 2.11. The number of anilines is 1. The SMILES string of the molecule is Cc1ccc(F)cc1NC(=O)COC(=O)c1ccsc1. The molecule has 0 saturated heterocycles. The number of esters is 1. The molecule has 4 nitrogen and oxygen atoms in total. The summed E-state index contributed by atoms with van der Waals surface area (Å²) < 4.78 is 17.9. The number of benzene rings is 1. The van der Waals surface area contributed by atoms with Crippen LogP contribution < -0.4 is 5.32 Å². The fraction of sp³-hybridized carbons (Fsp3) is 0.143. The molecule has 6 heteroatoms. The molecule has 2 aromatic rings. The van der Waals surface area contributed by atoms with Gasteiger partial charge in [0.05, 0.1) is 5.56 Å². The highest BCUT2D eigenvalue weighted by atomic mass is 32.1. The average molecular weight is 293 g/mol. The van der Waals surface area contributed by atoms with Crippen molar-refractivity contribution in [2.45, 2.75) is 6.92 Å². The van der Waals surface area contributed by atoms with Gasteiger partial charge >= 0.3 is 5.97 Å². The first-order valence-electron chi connectivity index (χ1n) is 5.81. The first-order valence-corrected chi connectivity index (χ1v) is 6.76. The number of amides is 1. The third kappa shape index (κ3) is 3.64. The van der Waals surface area contributed by atoms with Crippen LogP contribution in [0.1, 0.15) is 15.9 Å². The summed E-state index contributed by atoms with van der Waals surface area (Å²) in [5, 5.41) is 5.88. The quantitative estimate of drug-likeness (QED) is 0.882. The number of hydrogen-bond donors (Lipinski definition) is 1. The normalized spacial score (nSPS) is 10.1. The smallest absolute Gasteiger partial charge is 0.339 e. The van der Waals surface area contributed by atoms with Crippen LogP contribution in [-0.2, 0) is 9.53 Å². The van der Waals surface area contributed by atoms with Crippen LogP contribution in [0.4, 0.5) is 10.1 Å². The van der Waals surface area contributed by atoms with E-state index in [9.17, 15) is 14.0 Å². The minimum Gasteiger partial charge on any atom is -0.452 e. The van der Waals surface area contributed by atoms with Crippen LogP contribution >= 0.6 is 11.3 Å². The molecule has 0 aliphatic heterocycles. The van der Waals surface area contributed by atoms with Crippen LogP contribution in [0.2, 0.25) is 0 Å². The number of thiophene rings is 1. The second-order valence-electron chi connectivity index (χ2n) is 4.10. The first kappa shape index (κ1) is 14.2. The van der Waals surface area contributed by atoms with Crippen molar-refractivity contribution in [1.29, 1.82) is 0 Å². The first-order chi connectivity index (χ1) is 9.56. The van der Waals surface area contributed by atoms with Gasteiger partial charge in [-0.2, -0.15) is 11.3 Å². The maximum Gasteiger partial charge on any atom is 0.339 e. The summed E-state index contributed by atoms with van der Waals surface area (Å²) in [6, 6.07) is 5.69. The Bertz CT molecular complexity index is 625. The zero-order chi connectivity index (χ0) is 14.5. The standard InChI is InChI=1S/C14H12FNO3S/c1-9-2-3-11(15)6-12(9)16-13(17)7-19-14(18)10-4-5-20-8-10/h2-6,8H,7H2,1H3,(H,16,17). The van der Waals surface area contributed by atoms with Gasteiger partial charge in [0.15, 0.2) is 6.61 Å². The van der Waals surface area contributed by atoms with Crippen LogP contribution in [0.25, 0.3) is 0 Å². The van der Waals surface area contributed by atoms with Crippen LogP contribution in [-0.4, -0.2) is 18.5 Å². The van der Waals surface area contributed by atoms with Gasteiger partial charge in [0, 0.05) is 11.1 Å². The van der Waals surface area contributed by atoms with E-state index in [1.807, 2.05) is 0 Å². The van der Waals surface area contributed by atoms with E-state index in [-0.39, 0.29) is 0 Å². The third-order valence-electron chi connectivity index (χ3n) is 2.56. The summed E-state index contributed by atoms with van der Waals surface area (Å²) in [4.78, 5) is 23.2. The summed E-state index contributed by atoms with van der Waals surface area (Å²) >= 11 is 1.37. The van der Waals surface area contributed by atoms with Crippen LogP contribution in [0, 0.1) is 12.7 Å². The van der Waals surface area contributed by atoms with E-state index in [2.05, 4.69) is 5.32 Å². The molecule has 20 heavy (non-hydrogen) atoms. The fourth-order valence-electron chi connectivity index (χ4n) is 1.51. The molecule has 0 bridgehead atoms. The molecule has 0 fully saturated rings. The largest absolute Gasteiger partial charge is 0.452 e. The minimum atomic E-state index is -0.558. The number of carbonyl (C=O) groups is 2. The molecule has 0 aliphatic rings. The highest BCUT2D eigenvalue weighted by Crippen LogP contribution is 2.15. The molecule has 104 valence electrons. The number of carbonyl (C=O) groups excluding carboxylic acids is 2. The predicted molar refractivity (Wildman–Crippen MR) is 74.4 cm³/mol. The van der Waals surface area contributed by atoms with Crippen LogP contribution in [0.3, 0.4) is 0 Å².